The molecule has 0 aliphatic heterocycles. The summed E-state index contributed by atoms with van der Waals surface area (Å²) >= 11 is 0. The van der Waals surface area contributed by atoms with Gasteiger partial charge in [0, 0.05) is 0 Å². The molecule has 0 saturated heterocycles. The molecule has 0 aromatic carbocycles. The van der Waals surface area contributed by atoms with Crippen LogP contribution in [0.5, 0.6) is 0 Å². The van der Waals surface area contributed by atoms with E-state index < -0.39 is 36.2 Å². The van der Waals surface area contributed by atoms with Crippen molar-refractivity contribution in [1.29, 1.82) is 0 Å². The molecule has 128 valence electrons. The van der Waals surface area contributed by atoms with Crippen molar-refractivity contribution in [3.8, 4) is 0 Å². The number of carbonyl (C=O) groups excluding carboxylic acids is 3. The maximum Gasteiger partial charge on any atom is 1.00 e. The summed E-state index contributed by atoms with van der Waals surface area (Å²) in [7, 11) is 0. The molecule has 4 N–H and O–H groups in total. The van der Waals surface area contributed by atoms with Gasteiger partial charge in [-0.15, -0.1) is 0 Å². The van der Waals surface area contributed by atoms with E-state index in [4.69, 9.17) is 30.0 Å². The second kappa shape index (κ2) is 16.4. The fourth-order valence-corrected chi connectivity index (χ4v) is 0.610. The summed E-state index contributed by atoms with van der Waals surface area (Å²) in [6.07, 6.45) is -0.0663. The zero-order valence-electron chi connectivity index (χ0n) is 13.1. The first-order chi connectivity index (χ1) is 9.90. The van der Waals surface area contributed by atoms with Gasteiger partial charge in [-0.1, -0.05) is 25.9 Å². The van der Waals surface area contributed by atoms with Crippen LogP contribution in [0.15, 0.2) is 0 Å². The monoisotopic (exact) mass is 408 g/mol. The number of carbonyl (C=O) groups is 3. The molecule has 2 atom stereocenters. The Balaban J connectivity index is -0.000000151. The van der Waals surface area contributed by atoms with Gasteiger partial charge in [-0.05, 0) is 0 Å². The molecule has 0 radical (unpaired) electrons. The van der Waals surface area contributed by atoms with Gasteiger partial charge in [0.15, 0.2) is 0 Å². The van der Waals surface area contributed by atoms with Crippen LogP contribution in [0.3, 0.4) is 0 Å². The molecule has 0 rings (SSSR count). The van der Waals surface area contributed by atoms with Crippen molar-refractivity contribution in [2.45, 2.75) is 37.9 Å². The Hall–Kier alpha value is -0.485. The molecule has 11 heteroatoms. The molecule has 0 saturated carbocycles. The van der Waals surface area contributed by atoms with Crippen LogP contribution in [-0.4, -0.2) is 62.8 Å². The van der Waals surface area contributed by atoms with E-state index in [9.17, 15) is 14.4 Å². The molecule has 0 aromatic rings. The predicted molar refractivity (Wildman–Crippen MR) is 68.1 cm³/mol. The van der Waals surface area contributed by atoms with E-state index in [1.165, 1.54) is 0 Å². The molecule has 0 aliphatic rings. The normalized spacial score (nSPS) is 13.6. The van der Waals surface area contributed by atoms with E-state index in [-0.39, 0.29) is 70.8 Å². The number of aliphatic carboxylic acids is 2. The van der Waals surface area contributed by atoms with Crippen LogP contribution in [-0.2, 0) is 28.7 Å². The summed E-state index contributed by atoms with van der Waals surface area (Å²) < 4.78 is 3.99. The van der Waals surface area contributed by atoms with Gasteiger partial charge in [-0.25, -0.2) is 4.79 Å². The van der Waals surface area contributed by atoms with Crippen molar-refractivity contribution in [2.75, 3.05) is 6.61 Å². The topological polar surface area (TPSA) is 176 Å². The molecule has 0 aromatic heterocycles. The van der Waals surface area contributed by atoms with Gasteiger partial charge >= 0.3 is 76.3 Å². The summed E-state index contributed by atoms with van der Waals surface area (Å²) in [4.78, 5) is 46.4. The first-order valence-electron chi connectivity index (χ1n) is 5.70. The quantitative estimate of drug-likeness (QED) is 0.239. The molecule has 2 unspecified atom stereocenters. The molecule has 10 nitrogen and oxygen atoms in total. The third-order valence-corrected chi connectivity index (χ3v) is 1.99. The number of carboxylic acid groups (broad SMARTS) is 2. The fraction of sp³-hybridized carbons (Fsp3) is 0.583. The predicted octanol–water partition coefficient (Wildman–Crippen LogP) is -4.15. The van der Waals surface area contributed by atoms with E-state index in [1.54, 1.807) is 6.92 Å². The van der Waals surface area contributed by atoms with Crippen molar-refractivity contribution < 1.29 is 107 Å². The number of rotatable bonds is 7. The average Bonchev–Trinajstić information content (AvgIpc) is 2.36. The zero-order valence-corrected chi connectivity index (χ0v) is 18.1. The summed E-state index contributed by atoms with van der Waals surface area (Å²) in [6.45, 7) is 6.06. The maximum absolute atomic E-state index is 10.4. The third-order valence-electron chi connectivity index (χ3n) is 1.99. The van der Waals surface area contributed by atoms with Crippen LogP contribution in [0.1, 0.15) is 26.7 Å². The molecule has 0 fully saturated rings. The number of hydrogen-bond acceptors (Lipinski definition) is 8. The van der Waals surface area contributed by atoms with Gasteiger partial charge in [0.1, 0.15) is 6.61 Å². The van der Waals surface area contributed by atoms with Crippen LogP contribution < -0.4 is 58.2 Å². The minimum Gasteiger partial charge on any atom is -0.481 e. The van der Waals surface area contributed by atoms with Gasteiger partial charge in [0.2, 0.25) is 5.60 Å². The largest absolute Gasteiger partial charge is 1.00 e. The number of ether oxygens (including phenoxy) is 1. The zero-order chi connectivity index (χ0) is 18.4. The van der Waals surface area contributed by atoms with Gasteiger partial charge in [-0.2, -0.15) is 9.59 Å². The maximum atomic E-state index is 10.4. The molecule has 0 amide bonds. The van der Waals surface area contributed by atoms with Gasteiger partial charge in [-0.3, -0.25) is 9.59 Å². The minimum atomic E-state index is -2.56. The van der Waals surface area contributed by atoms with Crippen molar-refractivity contribution in [1.82, 2.24) is 0 Å². The first-order valence-corrected chi connectivity index (χ1v) is 5.70. The van der Waals surface area contributed by atoms with Crippen molar-refractivity contribution in [3.05, 3.63) is 6.92 Å². The summed E-state index contributed by atoms with van der Waals surface area (Å²) in [5, 5.41) is 34.5. The summed E-state index contributed by atoms with van der Waals surface area (Å²) in [6, 6.07) is 0. The Labute approximate surface area is 181 Å². The fourth-order valence-electron chi connectivity index (χ4n) is 0.610. The smallest absolute Gasteiger partial charge is 0.481 e. The van der Waals surface area contributed by atoms with Crippen LogP contribution in [0, 0.1) is 6.92 Å². The Morgan fingerprint density at radius 1 is 1.26 bits per heavy atom. The molecule has 0 spiro atoms. The van der Waals surface area contributed by atoms with Crippen LogP contribution in [0.2, 0.25) is 0 Å². The van der Waals surface area contributed by atoms with Crippen LogP contribution >= 0.6 is 0 Å². The molecule has 23 heavy (non-hydrogen) atoms. The van der Waals surface area contributed by atoms with Crippen LogP contribution in [0.4, 0.5) is 0 Å². The number of hydrogen-bond donors (Lipinski definition) is 4. The second-order valence-corrected chi connectivity index (χ2v) is 4.25. The van der Waals surface area contributed by atoms with Gasteiger partial charge in [0.05, 0.1) is 6.42 Å². The summed E-state index contributed by atoms with van der Waals surface area (Å²) in [5.41, 5.74) is -3.27. The molecular weight excluding hydrogens is 390 g/mol. The molecular formula is C12H19O10Rb. The van der Waals surface area contributed by atoms with E-state index in [0.29, 0.717) is 6.42 Å². The molecule has 0 aliphatic carbocycles. The minimum absolute atomic E-state index is 0. The average molecular weight is 409 g/mol. The van der Waals surface area contributed by atoms with E-state index in [0.717, 1.165) is 0 Å². The Morgan fingerprint density at radius 2 is 1.61 bits per heavy atom. The van der Waals surface area contributed by atoms with Crippen molar-refractivity contribution in [2.24, 2.45) is 0 Å². The van der Waals surface area contributed by atoms with E-state index in [1.807, 2.05) is 6.92 Å². The van der Waals surface area contributed by atoms with Crippen molar-refractivity contribution >= 4 is 24.6 Å². The third kappa shape index (κ3) is 23.9. The van der Waals surface area contributed by atoms with Gasteiger partial charge in [0.25, 0.3) is 6.47 Å². The molecule has 0 heterocycles. The van der Waals surface area contributed by atoms with Gasteiger partial charge < -0.3 is 32.1 Å². The number of aliphatic hydroxyl groups is 2. The first kappa shape index (κ1) is 30.4. The Bertz CT molecular complexity index is 384. The SMILES string of the molecule is O=C=O.O=COCC(O)(CC(=O)O)C(=O)O.[CH2-]C(C)(O)CC.[Rb+]. The van der Waals surface area contributed by atoms with E-state index >= 15 is 0 Å². The standard InChI is InChI=1S/C6H8O7.C5H11O.CO2.Rb/c7-3-13-2-6(12,5(10)11)1-4(8)9;1-4-5(2,3)6;2-1-3;/h3,12H,1-2H2,(H,8,9)(H,10,11);6H,2,4H2,1,3H3;;/q;-1;;+1. The second-order valence-electron chi connectivity index (χ2n) is 4.25. The van der Waals surface area contributed by atoms with E-state index in [2.05, 4.69) is 11.7 Å². The molecule has 0 bridgehead atoms. The van der Waals surface area contributed by atoms with Crippen LogP contribution in [0.25, 0.3) is 0 Å². The Morgan fingerprint density at radius 3 is 1.78 bits per heavy atom. The number of carboxylic acids is 2. The van der Waals surface area contributed by atoms with Crippen molar-refractivity contribution in [3.63, 3.8) is 0 Å². The Kier molecular flexibility index (Phi) is 21.6. The summed E-state index contributed by atoms with van der Waals surface area (Å²) in [5.74, 6) is -3.25.